The largest absolute Gasteiger partial charge is 0.472 e. The number of rotatable bonds is 7. The number of carbonyl (C=O) groups excluding carboxylic acids is 4. The molecule has 5 atom stereocenters. The molecule has 1 saturated heterocycles. The summed E-state index contributed by atoms with van der Waals surface area (Å²) in [6.45, 7) is 9.75. The van der Waals surface area contributed by atoms with E-state index in [0.717, 1.165) is 29.2 Å². The maximum Gasteiger partial charge on any atom is 0.306 e. The molecule has 268 valence electrons. The molecular formula is C38H47N3O8S. The molecule has 11 nitrogen and oxygen atoms in total. The van der Waals surface area contributed by atoms with Gasteiger partial charge < -0.3 is 14.4 Å². The molecule has 2 aromatic rings. The van der Waals surface area contributed by atoms with Crippen molar-refractivity contribution in [3.8, 4) is 5.88 Å². The van der Waals surface area contributed by atoms with E-state index in [1.807, 2.05) is 51.1 Å². The average molecular weight is 706 g/mol. The van der Waals surface area contributed by atoms with Crippen LogP contribution >= 0.6 is 0 Å². The van der Waals surface area contributed by atoms with E-state index in [2.05, 4.69) is 22.4 Å². The number of fused-ring (bicyclic) bond motifs is 3. The lowest BCUT2D eigenvalue weighted by Crippen LogP contribution is -2.48. The molecule has 1 N–H and O–H groups in total. The molecule has 50 heavy (non-hydrogen) atoms. The van der Waals surface area contributed by atoms with Gasteiger partial charge in [-0.3, -0.25) is 23.9 Å². The number of nitrogens with one attached hydrogen (secondary N) is 1. The highest BCUT2D eigenvalue weighted by molar-refractivity contribution is 7.90. The van der Waals surface area contributed by atoms with E-state index in [1.54, 1.807) is 12.3 Å². The summed E-state index contributed by atoms with van der Waals surface area (Å²) in [6.07, 6.45) is 10.0. The second kappa shape index (κ2) is 13.9. The Morgan fingerprint density at radius 2 is 1.94 bits per heavy atom. The fourth-order valence-corrected chi connectivity index (χ4v) is 8.60. The van der Waals surface area contributed by atoms with Crippen LogP contribution in [0.3, 0.4) is 0 Å². The van der Waals surface area contributed by atoms with Crippen molar-refractivity contribution in [3.05, 3.63) is 54.8 Å². The number of aromatic nitrogens is 1. The van der Waals surface area contributed by atoms with E-state index in [-0.39, 0.29) is 56.4 Å². The van der Waals surface area contributed by atoms with E-state index in [9.17, 15) is 27.6 Å². The monoisotopic (exact) mass is 705 g/mol. The van der Waals surface area contributed by atoms with Crippen molar-refractivity contribution in [1.82, 2.24) is 14.6 Å². The van der Waals surface area contributed by atoms with Gasteiger partial charge in [0.1, 0.15) is 6.10 Å². The first-order valence-electron chi connectivity index (χ1n) is 17.6. The standard InChI is InChI=1S/C38H47N3O8S/c1-5-26-21-38(26,36(45)40-50(46,47)28-13-14-28)22-32(42)31-19-27-23-41(31)35(44)30(37(2,3)4)20-33(43)48-17-9-7-6-8-10-24-11-12-25-15-16-39-34(49-27)29(25)18-24/h5,8,10-12,15-16,18,26-28,30-31H,1,6-7,9,13-14,17,19-23H2,2-4H3,(H,40,45)/b10-8+/t26-,27+,30+,31-,38+/m0/s1. The van der Waals surface area contributed by atoms with Crippen LogP contribution in [0.4, 0.5) is 0 Å². The first-order chi connectivity index (χ1) is 23.7. The van der Waals surface area contributed by atoms with Crippen LogP contribution < -0.4 is 9.46 Å². The van der Waals surface area contributed by atoms with Gasteiger partial charge in [-0.25, -0.2) is 13.4 Å². The number of hydrogen-bond donors (Lipinski definition) is 1. The van der Waals surface area contributed by atoms with Crippen LogP contribution in [0.1, 0.15) is 84.1 Å². The van der Waals surface area contributed by atoms with Crippen molar-refractivity contribution in [1.29, 1.82) is 0 Å². The molecular weight excluding hydrogens is 658 g/mol. The summed E-state index contributed by atoms with van der Waals surface area (Å²) >= 11 is 0. The highest BCUT2D eigenvalue weighted by atomic mass is 32.2. The van der Waals surface area contributed by atoms with Gasteiger partial charge in [0.15, 0.2) is 5.78 Å². The quantitative estimate of drug-likeness (QED) is 0.306. The average Bonchev–Trinajstić information content (AvgIpc) is 3.99. The summed E-state index contributed by atoms with van der Waals surface area (Å²) in [5.74, 6) is -2.73. The third-order valence-electron chi connectivity index (χ3n) is 10.6. The first kappa shape index (κ1) is 35.8. The van der Waals surface area contributed by atoms with Crippen molar-refractivity contribution in [3.63, 3.8) is 0 Å². The van der Waals surface area contributed by atoms with E-state index >= 15 is 0 Å². The van der Waals surface area contributed by atoms with Crippen LogP contribution in [-0.4, -0.2) is 72.4 Å². The topological polar surface area (TPSA) is 149 Å². The summed E-state index contributed by atoms with van der Waals surface area (Å²) in [5.41, 5.74) is -0.950. The van der Waals surface area contributed by atoms with Gasteiger partial charge in [0.05, 0.1) is 42.2 Å². The van der Waals surface area contributed by atoms with Crippen molar-refractivity contribution in [2.45, 2.75) is 96.0 Å². The Hall–Kier alpha value is -4.06. The molecule has 1 aromatic carbocycles. The number of amides is 2. The Morgan fingerprint density at radius 1 is 1.16 bits per heavy atom. The van der Waals surface area contributed by atoms with Crippen LogP contribution in [0, 0.1) is 22.7 Å². The summed E-state index contributed by atoms with van der Waals surface area (Å²) in [5, 5.41) is 1.13. The third kappa shape index (κ3) is 7.65. The summed E-state index contributed by atoms with van der Waals surface area (Å²) < 4.78 is 39.7. The summed E-state index contributed by atoms with van der Waals surface area (Å²) in [4.78, 5) is 61.4. The van der Waals surface area contributed by atoms with Crippen LogP contribution in [0.5, 0.6) is 5.88 Å². The number of esters is 1. The summed E-state index contributed by atoms with van der Waals surface area (Å²) in [7, 11) is -3.84. The zero-order chi connectivity index (χ0) is 35.8. The lowest BCUT2D eigenvalue weighted by molar-refractivity contribution is -0.153. The SMILES string of the molecule is C=C[C@H]1C[C@]1(CC(=O)[C@@H]1C[C@@H]2CN1C(=O)[C@H](C(C)(C)C)CC(=O)OCCCC/C=C/c1ccc3ccnc(c3c1)O2)C(=O)NS(=O)(=O)C1CC1. The molecule has 1 aromatic heterocycles. The minimum absolute atomic E-state index is 0.0642. The lowest BCUT2D eigenvalue weighted by atomic mass is 9.77. The molecule has 2 amide bonds. The lowest BCUT2D eigenvalue weighted by Gasteiger charge is -2.34. The molecule has 3 fully saturated rings. The zero-order valence-electron chi connectivity index (χ0n) is 29.1. The Morgan fingerprint density at radius 3 is 2.64 bits per heavy atom. The number of hydrogen-bond acceptors (Lipinski definition) is 9. The van der Waals surface area contributed by atoms with Crippen LogP contribution in [-0.2, 0) is 33.9 Å². The first-order valence-corrected chi connectivity index (χ1v) is 19.2. The number of ether oxygens (including phenoxy) is 2. The number of Topliss-reactive ketones (excluding diaryl/α,β-unsaturated/α-hetero) is 1. The van der Waals surface area contributed by atoms with Gasteiger partial charge in [-0.1, -0.05) is 51.1 Å². The van der Waals surface area contributed by atoms with Gasteiger partial charge >= 0.3 is 5.97 Å². The number of carbonyl (C=O) groups is 4. The number of nitrogens with zero attached hydrogens (tertiary/aromatic N) is 2. The van der Waals surface area contributed by atoms with E-state index in [1.165, 1.54) is 4.90 Å². The molecule has 4 aliphatic rings. The Labute approximate surface area is 293 Å². The highest BCUT2D eigenvalue weighted by Crippen LogP contribution is 2.57. The van der Waals surface area contributed by atoms with Crippen molar-refractivity contribution in [2.24, 2.45) is 22.7 Å². The van der Waals surface area contributed by atoms with Gasteiger partial charge in [0.25, 0.3) is 0 Å². The molecule has 0 spiro atoms. The Kier molecular flexibility index (Phi) is 9.96. The molecule has 2 aliphatic heterocycles. The van der Waals surface area contributed by atoms with E-state index < -0.39 is 56.0 Å². The van der Waals surface area contributed by atoms with E-state index in [0.29, 0.717) is 25.1 Å². The van der Waals surface area contributed by atoms with Gasteiger partial charge in [-0.2, -0.15) is 0 Å². The number of benzene rings is 1. The molecule has 4 bridgehead atoms. The fourth-order valence-electron chi connectivity index (χ4n) is 7.21. The van der Waals surface area contributed by atoms with Crippen LogP contribution in [0.25, 0.3) is 16.8 Å². The Balaban J connectivity index is 1.33. The van der Waals surface area contributed by atoms with Crippen molar-refractivity contribution in [2.75, 3.05) is 13.2 Å². The van der Waals surface area contributed by atoms with Crippen LogP contribution in [0.15, 0.2) is 49.2 Å². The third-order valence-corrected chi connectivity index (χ3v) is 12.4. The zero-order valence-corrected chi connectivity index (χ0v) is 29.9. The smallest absolute Gasteiger partial charge is 0.306 e. The number of pyridine rings is 1. The molecule has 2 saturated carbocycles. The minimum Gasteiger partial charge on any atom is -0.472 e. The predicted octanol–water partition coefficient (Wildman–Crippen LogP) is 5.14. The van der Waals surface area contributed by atoms with Gasteiger partial charge in [-0.05, 0) is 72.9 Å². The molecule has 3 heterocycles. The van der Waals surface area contributed by atoms with Gasteiger partial charge in [0, 0.05) is 24.4 Å². The molecule has 12 heteroatoms. The maximum absolute atomic E-state index is 14.5. The molecule has 2 aliphatic carbocycles. The van der Waals surface area contributed by atoms with E-state index in [4.69, 9.17) is 9.47 Å². The Bertz CT molecular complexity index is 1830. The number of cyclic esters (lactones) is 1. The molecule has 0 unspecified atom stereocenters. The maximum atomic E-state index is 14.5. The van der Waals surface area contributed by atoms with Crippen LogP contribution in [0.2, 0.25) is 0 Å². The number of ketones is 1. The highest BCUT2D eigenvalue weighted by Gasteiger charge is 2.61. The normalized spacial score (nSPS) is 28.5. The predicted molar refractivity (Wildman–Crippen MR) is 188 cm³/mol. The number of sulfonamides is 1. The van der Waals surface area contributed by atoms with Gasteiger partial charge in [-0.15, -0.1) is 6.58 Å². The molecule has 6 rings (SSSR count). The fraction of sp³-hybridized carbons (Fsp3) is 0.553. The minimum atomic E-state index is -3.84. The summed E-state index contributed by atoms with van der Waals surface area (Å²) in [6, 6.07) is 6.94. The number of allylic oxidation sites excluding steroid dienone is 2. The van der Waals surface area contributed by atoms with Gasteiger partial charge in [0.2, 0.25) is 27.7 Å². The van der Waals surface area contributed by atoms with Crippen molar-refractivity contribution >= 4 is 50.4 Å². The molecule has 0 radical (unpaired) electrons. The second-order valence-corrected chi connectivity index (χ2v) is 17.3. The second-order valence-electron chi connectivity index (χ2n) is 15.3. The van der Waals surface area contributed by atoms with Crippen molar-refractivity contribution < 1.29 is 37.1 Å².